The van der Waals surface area contributed by atoms with E-state index in [0.717, 1.165) is 22.3 Å². The lowest BCUT2D eigenvalue weighted by molar-refractivity contribution is -0.118. The van der Waals surface area contributed by atoms with Crippen molar-refractivity contribution in [2.45, 2.75) is 70.9 Å². The summed E-state index contributed by atoms with van der Waals surface area (Å²) in [6.45, 7) is 8.37. The Hall–Kier alpha value is -4.92. The largest absolute Gasteiger partial charge is 0.473 e. The topological polar surface area (TPSA) is 81.2 Å². The molecule has 0 N–H and O–H groups in total. The van der Waals surface area contributed by atoms with Gasteiger partial charge in [-0.2, -0.15) is 4.98 Å². The van der Waals surface area contributed by atoms with Crippen molar-refractivity contribution in [1.29, 1.82) is 0 Å². The van der Waals surface area contributed by atoms with Gasteiger partial charge in [-0.25, -0.2) is 9.18 Å². The summed E-state index contributed by atoms with van der Waals surface area (Å²) in [4.78, 5) is 34.6. The van der Waals surface area contributed by atoms with Crippen LogP contribution in [0.3, 0.4) is 0 Å². The van der Waals surface area contributed by atoms with Crippen molar-refractivity contribution in [2.24, 2.45) is 0 Å². The Balaban J connectivity index is 1.29. The molecule has 244 valence electrons. The molecule has 4 aromatic rings. The first-order valence-electron chi connectivity index (χ1n) is 16.0. The summed E-state index contributed by atoms with van der Waals surface area (Å²) >= 11 is 0. The molecule has 3 heterocycles. The second-order valence-corrected chi connectivity index (χ2v) is 13.1. The number of piperidine rings is 1. The van der Waals surface area contributed by atoms with Crippen LogP contribution in [-0.2, 0) is 22.7 Å². The van der Waals surface area contributed by atoms with E-state index in [1.165, 1.54) is 0 Å². The van der Waals surface area contributed by atoms with Gasteiger partial charge in [-0.15, -0.1) is 0 Å². The number of alkyl halides is 1. The molecule has 1 saturated heterocycles. The summed E-state index contributed by atoms with van der Waals surface area (Å²) in [5.41, 5.74) is 4.02. The smallest absolute Gasteiger partial charge is 0.410 e. The lowest BCUT2D eigenvalue weighted by atomic mass is 9.87. The first-order valence-corrected chi connectivity index (χ1v) is 16.0. The number of ether oxygens (including phenoxy) is 3. The zero-order valence-electron chi connectivity index (χ0n) is 27.2. The summed E-state index contributed by atoms with van der Waals surface area (Å²) < 4.78 is 33.2. The number of carbonyl (C=O) groups is 2. The molecular formula is C38H40FN3O5. The van der Waals surface area contributed by atoms with Crippen molar-refractivity contribution in [3.8, 4) is 11.8 Å². The third-order valence-corrected chi connectivity index (χ3v) is 8.46. The zero-order valence-corrected chi connectivity index (χ0v) is 27.2. The summed E-state index contributed by atoms with van der Waals surface area (Å²) in [6, 6.07) is 28.7. The van der Waals surface area contributed by atoms with Crippen molar-refractivity contribution in [2.75, 3.05) is 18.0 Å². The van der Waals surface area contributed by atoms with Crippen LogP contribution >= 0.6 is 0 Å². The maximum absolute atomic E-state index is 15.4. The summed E-state index contributed by atoms with van der Waals surface area (Å²) in [5, 5.41) is 0. The molecule has 9 heteroatoms. The Labute approximate surface area is 275 Å². The number of carbonyl (C=O) groups excluding carboxylic acids is 2. The van der Waals surface area contributed by atoms with Crippen molar-refractivity contribution in [1.82, 2.24) is 9.88 Å². The van der Waals surface area contributed by atoms with Crippen LogP contribution in [0.5, 0.6) is 11.8 Å². The van der Waals surface area contributed by atoms with Gasteiger partial charge in [-0.05, 0) is 68.5 Å². The van der Waals surface area contributed by atoms with Gasteiger partial charge in [0, 0.05) is 25.1 Å². The monoisotopic (exact) mass is 637 g/mol. The highest BCUT2D eigenvalue weighted by Gasteiger charge is 2.40. The molecule has 3 atom stereocenters. The van der Waals surface area contributed by atoms with Crippen molar-refractivity contribution < 1.29 is 28.2 Å². The van der Waals surface area contributed by atoms with E-state index in [1.807, 2.05) is 107 Å². The van der Waals surface area contributed by atoms with Gasteiger partial charge in [0.25, 0.3) is 0 Å². The van der Waals surface area contributed by atoms with Crippen LogP contribution in [0.1, 0.15) is 68.2 Å². The van der Waals surface area contributed by atoms with E-state index < -0.39 is 29.7 Å². The van der Waals surface area contributed by atoms with Gasteiger partial charge in [-0.3, -0.25) is 9.69 Å². The predicted molar refractivity (Wildman–Crippen MR) is 178 cm³/mol. The highest BCUT2D eigenvalue weighted by molar-refractivity contribution is 6.10. The van der Waals surface area contributed by atoms with Crippen LogP contribution in [0.15, 0.2) is 91.0 Å². The Kier molecular flexibility index (Phi) is 9.16. The highest BCUT2D eigenvalue weighted by atomic mass is 19.1. The number of aromatic nitrogens is 1. The van der Waals surface area contributed by atoms with E-state index in [2.05, 4.69) is 0 Å². The van der Waals surface area contributed by atoms with Crippen LogP contribution in [0.4, 0.5) is 20.6 Å². The predicted octanol–water partition coefficient (Wildman–Crippen LogP) is 8.08. The van der Waals surface area contributed by atoms with Crippen LogP contribution in [0, 0.1) is 0 Å². The zero-order chi connectivity index (χ0) is 33.1. The number of amides is 2. The Morgan fingerprint density at radius 1 is 0.894 bits per heavy atom. The van der Waals surface area contributed by atoms with Gasteiger partial charge in [0.1, 0.15) is 30.7 Å². The number of nitrogens with zero attached hydrogens (tertiary/aromatic N) is 3. The molecule has 0 aliphatic carbocycles. The fourth-order valence-corrected chi connectivity index (χ4v) is 6.01. The Bertz CT molecular complexity index is 1730. The summed E-state index contributed by atoms with van der Waals surface area (Å²) in [6.07, 6.45) is -1.36. The van der Waals surface area contributed by atoms with E-state index in [-0.39, 0.29) is 31.4 Å². The second-order valence-electron chi connectivity index (χ2n) is 13.1. The number of anilines is 2. The SMILES string of the molecule is CC1C(=O)N(c2ccc(OCc3ccccc3)nc2OCc2ccccc2)c2ccc([C@@H]3CN(C(=O)OC(C)(C)C)CC[C@H]3F)cc21. The van der Waals surface area contributed by atoms with Gasteiger partial charge >= 0.3 is 6.09 Å². The lowest BCUT2D eigenvalue weighted by Crippen LogP contribution is -2.45. The maximum atomic E-state index is 15.4. The Morgan fingerprint density at radius 3 is 2.19 bits per heavy atom. The molecule has 2 aliphatic rings. The first kappa shape index (κ1) is 32.0. The molecule has 8 nitrogen and oxygen atoms in total. The quantitative estimate of drug-likeness (QED) is 0.194. The van der Waals surface area contributed by atoms with Crippen molar-refractivity contribution in [3.05, 3.63) is 113 Å². The van der Waals surface area contributed by atoms with Crippen LogP contribution in [0.2, 0.25) is 0 Å². The molecule has 0 spiro atoms. The number of hydrogen-bond acceptors (Lipinski definition) is 6. The molecule has 0 radical (unpaired) electrons. The molecular weight excluding hydrogens is 597 g/mol. The number of fused-ring (bicyclic) bond motifs is 1. The fraction of sp³-hybridized carbons (Fsp3) is 0.342. The van der Waals surface area contributed by atoms with Gasteiger partial charge in [0.2, 0.25) is 17.7 Å². The summed E-state index contributed by atoms with van der Waals surface area (Å²) in [5.74, 6) is -0.523. The van der Waals surface area contributed by atoms with Crippen molar-refractivity contribution >= 4 is 23.4 Å². The van der Waals surface area contributed by atoms with E-state index in [4.69, 9.17) is 19.2 Å². The molecule has 0 bridgehead atoms. The second kappa shape index (κ2) is 13.4. The van der Waals surface area contributed by atoms with Crippen LogP contribution in [-0.4, -0.2) is 46.7 Å². The third-order valence-electron chi connectivity index (χ3n) is 8.46. The molecule has 2 amide bonds. The van der Waals surface area contributed by atoms with Gasteiger partial charge in [0.15, 0.2) is 0 Å². The average molecular weight is 638 g/mol. The fourth-order valence-electron chi connectivity index (χ4n) is 6.01. The molecule has 6 rings (SSSR count). The minimum atomic E-state index is -1.12. The Morgan fingerprint density at radius 2 is 1.53 bits per heavy atom. The van der Waals surface area contributed by atoms with E-state index in [1.54, 1.807) is 21.9 Å². The number of halogens is 1. The number of likely N-dealkylation sites (tertiary alicyclic amines) is 1. The minimum Gasteiger partial charge on any atom is -0.473 e. The van der Waals surface area contributed by atoms with Crippen LogP contribution < -0.4 is 14.4 Å². The summed E-state index contributed by atoms with van der Waals surface area (Å²) in [7, 11) is 0. The van der Waals surface area contributed by atoms with Crippen molar-refractivity contribution in [3.63, 3.8) is 0 Å². The van der Waals surface area contributed by atoms with Gasteiger partial charge < -0.3 is 19.1 Å². The normalized spacial score (nSPS) is 19.3. The lowest BCUT2D eigenvalue weighted by Gasteiger charge is -2.36. The molecule has 1 fully saturated rings. The molecule has 1 unspecified atom stereocenters. The molecule has 2 aliphatic heterocycles. The maximum Gasteiger partial charge on any atom is 0.410 e. The molecule has 47 heavy (non-hydrogen) atoms. The number of pyridine rings is 1. The molecule has 0 saturated carbocycles. The van der Waals surface area contributed by atoms with Crippen LogP contribution in [0.25, 0.3) is 0 Å². The van der Waals surface area contributed by atoms with E-state index in [9.17, 15) is 9.59 Å². The van der Waals surface area contributed by atoms with Gasteiger partial charge in [0.05, 0.1) is 11.6 Å². The van der Waals surface area contributed by atoms with E-state index >= 15 is 4.39 Å². The minimum absolute atomic E-state index is 0.141. The van der Waals surface area contributed by atoms with E-state index in [0.29, 0.717) is 30.4 Å². The number of hydrogen-bond donors (Lipinski definition) is 0. The molecule has 1 aromatic heterocycles. The average Bonchev–Trinajstić information content (AvgIpc) is 3.31. The highest BCUT2D eigenvalue weighted by Crippen LogP contribution is 2.46. The van der Waals surface area contributed by atoms with Gasteiger partial charge in [-0.1, -0.05) is 72.8 Å². The first-order chi connectivity index (χ1) is 22.6. The number of benzene rings is 3. The molecule has 3 aromatic carbocycles. The standard InChI is InChI=1S/C38H40FN3O5/c1-25-29-21-28(30-22-41(20-19-31(30)39)37(44)47-38(2,3)4)15-16-32(29)42(36(25)43)33-17-18-34(45-23-26-11-7-5-8-12-26)40-35(33)46-24-27-13-9-6-10-14-27/h5-18,21,25,30-31H,19-20,22-24H2,1-4H3/t25?,30-,31+/m0/s1. The third kappa shape index (κ3) is 7.24. The number of rotatable bonds is 8.